The SMILES string of the molecule is C=C(C)C(O)/C(C)=C/C. The van der Waals surface area contributed by atoms with Crippen molar-refractivity contribution in [2.24, 2.45) is 0 Å². The van der Waals surface area contributed by atoms with Gasteiger partial charge in [0, 0.05) is 0 Å². The maximum absolute atomic E-state index is 9.23. The second-order valence-corrected chi connectivity index (χ2v) is 2.28. The van der Waals surface area contributed by atoms with Gasteiger partial charge in [0.15, 0.2) is 0 Å². The largest absolute Gasteiger partial charge is 0.384 e. The van der Waals surface area contributed by atoms with E-state index >= 15 is 0 Å². The average molecular weight is 126 g/mol. The highest BCUT2D eigenvalue weighted by Crippen LogP contribution is 2.07. The van der Waals surface area contributed by atoms with Crippen LogP contribution in [0.15, 0.2) is 23.8 Å². The minimum atomic E-state index is -0.449. The molecular weight excluding hydrogens is 112 g/mol. The van der Waals surface area contributed by atoms with Crippen LogP contribution < -0.4 is 0 Å². The number of hydrogen-bond acceptors (Lipinski definition) is 1. The van der Waals surface area contributed by atoms with Gasteiger partial charge in [-0.15, -0.1) is 0 Å². The molecule has 9 heavy (non-hydrogen) atoms. The predicted molar refractivity (Wildman–Crippen MR) is 40.3 cm³/mol. The molecule has 0 saturated carbocycles. The normalized spacial score (nSPS) is 15.3. The minimum Gasteiger partial charge on any atom is -0.384 e. The predicted octanol–water partition coefficient (Wildman–Crippen LogP) is 1.89. The molecule has 0 aliphatic heterocycles. The lowest BCUT2D eigenvalue weighted by molar-refractivity contribution is 0.247. The van der Waals surface area contributed by atoms with Gasteiger partial charge < -0.3 is 5.11 Å². The van der Waals surface area contributed by atoms with E-state index in [1.54, 1.807) is 0 Å². The summed E-state index contributed by atoms with van der Waals surface area (Å²) >= 11 is 0. The van der Waals surface area contributed by atoms with Gasteiger partial charge in [-0.2, -0.15) is 0 Å². The van der Waals surface area contributed by atoms with Crippen LogP contribution in [0.2, 0.25) is 0 Å². The van der Waals surface area contributed by atoms with E-state index in [1.165, 1.54) is 0 Å². The maximum atomic E-state index is 9.23. The topological polar surface area (TPSA) is 20.2 Å². The van der Waals surface area contributed by atoms with E-state index in [0.29, 0.717) is 0 Å². The zero-order valence-corrected chi connectivity index (χ0v) is 6.31. The molecular formula is C8H14O. The molecule has 1 atom stereocenters. The van der Waals surface area contributed by atoms with E-state index in [4.69, 9.17) is 0 Å². The molecule has 0 aromatic heterocycles. The summed E-state index contributed by atoms with van der Waals surface area (Å²) in [5.41, 5.74) is 1.76. The number of aliphatic hydroxyl groups is 1. The summed E-state index contributed by atoms with van der Waals surface area (Å²) in [6, 6.07) is 0. The van der Waals surface area contributed by atoms with Crippen molar-refractivity contribution in [2.75, 3.05) is 0 Å². The first-order chi connectivity index (χ1) is 4.09. The Kier molecular flexibility index (Phi) is 3.25. The summed E-state index contributed by atoms with van der Waals surface area (Å²) in [4.78, 5) is 0. The highest BCUT2D eigenvalue weighted by Gasteiger charge is 2.03. The smallest absolute Gasteiger partial charge is 0.0952 e. The number of rotatable bonds is 2. The van der Waals surface area contributed by atoms with Gasteiger partial charge in [0.2, 0.25) is 0 Å². The molecule has 0 amide bonds. The molecule has 1 nitrogen and oxygen atoms in total. The van der Waals surface area contributed by atoms with Crippen molar-refractivity contribution in [3.63, 3.8) is 0 Å². The molecule has 0 rings (SSSR count). The lowest BCUT2D eigenvalue weighted by Crippen LogP contribution is -2.07. The quantitative estimate of drug-likeness (QED) is 0.560. The highest BCUT2D eigenvalue weighted by atomic mass is 16.3. The minimum absolute atomic E-state index is 0.449. The first-order valence-corrected chi connectivity index (χ1v) is 3.06. The van der Waals surface area contributed by atoms with Crippen LogP contribution in [0.1, 0.15) is 20.8 Å². The molecule has 1 N–H and O–H groups in total. The molecule has 0 aliphatic rings. The van der Waals surface area contributed by atoms with Crippen LogP contribution in [0.3, 0.4) is 0 Å². The Morgan fingerprint density at radius 1 is 1.56 bits per heavy atom. The van der Waals surface area contributed by atoms with E-state index < -0.39 is 6.10 Å². The van der Waals surface area contributed by atoms with Crippen LogP contribution in [0.4, 0.5) is 0 Å². The molecule has 0 spiro atoms. The van der Waals surface area contributed by atoms with E-state index in [0.717, 1.165) is 11.1 Å². The fraction of sp³-hybridized carbons (Fsp3) is 0.500. The Morgan fingerprint density at radius 2 is 2.00 bits per heavy atom. The van der Waals surface area contributed by atoms with E-state index in [9.17, 15) is 5.11 Å². The molecule has 0 saturated heterocycles. The third kappa shape index (κ3) is 2.47. The fourth-order valence-corrected chi connectivity index (χ4v) is 0.547. The third-order valence-electron chi connectivity index (χ3n) is 1.35. The van der Waals surface area contributed by atoms with Gasteiger partial charge in [0.1, 0.15) is 0 Å². The molecule has 0 aromatic rings. The molecule has 1 unspecified atom stereocenters. The van der Waals surface area contributed by atoms with E-state index in [-0.39, 0.29) is 0 Å². The van der Waals surface area contributed by atoms with Crippen LogP contribution >= 0.6 is 0 Å². The van der Waals surface area contributed by atoms with Gasteiger partial charge in [-0.3, -0.25) is 0 Å². The molecule has 1 heteroatoms. The lowest BCUT2D eigenvalue weighted by Gasteiger charge is -2.08. The molecule has 0 radical (unpaired) electrons. The average Bonchev–Trinajstić information content (AvgIpc) is 1.84. The van der Waals surface area contributed by atoms with Crippen LogP contribution in [-0.2, 0) is 0 Å². The number of allylic oxidation sites excluding steroid dienone is 1. The number of aliphatic hydroxyl groups excluding tert-OH is 1. The Bertz CT molecular complexity index is 134. The second-order valence-electron chi connectivity index (χ2n) is 2.28. The van der Waals surface area contributed by atoms with E-state index in [2.05, 4.69) is 6.58 Å². The van der Waals surface area contributed by atoms with Gasteiger partial charge in [-0.1, -0.05) is 12.7 Å². The second kappa shape index (κ2) is 3.46. The van der Waals surface area contributed by atoms with Gasteiger partial charge in [0.05, 0.1) is 6.10 Å². The first kappa shape index (κ1) is 8.44. The molecule has 0 heterocycles. The summed E-state index contributed by atoms with van der Waals surface area (Å²) in [6.07, 6.45) is 1.44. The summed E-state index contributed by atoms with van der Waals surface area (Å²) in [5, 5.41) is 9.23. The third-order valence-corrected chi connectivity index (χ3v) is 1.35. The van der Waals surface area contributed by atoms with Crippen molar-refractivity contribution in [3.05, 3.63) is 23.8 Å². The van der Waals surface area contributed by atoms with Crippen molar-refractivity contribution < 1.29 is 5.11 Å². The summed E-state index contributed by atoms with van der Waals surface area (Å²) in [5.74, 6) is 0. The van der Waals surface area contributed by atoms with E-state index in [1.807, 2.05) is 26.8 Å². The van der Waals surface area contributed by atoms with Crippen molar-refractivity contribution in [1.29, 1.82) is 0 Å². The first-order valence-electron chi connectivity index (χ1n) is 3.06. The Hall–Kier alpha value is -0.560. The molecule has 0 aromatic carbocycles. The zero-order chi connectivity index (χ0) is 7.44. The van der Waals surface area contributed by atoms with Crippen molar-refractivity contribution >= 4 is 0 Å². The fourth-order valence-electron chi connectivity index (χ4n) is 0.547. The summed E-state index contributed by atoms with van der Waals surface area (Å²) < 4.78 is 0. The van der Waals surface area contributed by atoms with Gasteiger partial charge >= 0.3 is 0 Å². The molecule has 0 fully saturated rings. The van der Waals surface area contributed by atoms with Crippen molar-refractivity contribution in [1.82, 2.24) is 0 Å². The zero-order valence-electron chi connectivity index (χ0n) is 6.31. The van der Waals surface area contributed by atoms with Crippen LogP contribution in [0, 0.1) is 0 Å². The van der Waals surface area contributed by atoms with Gasteiger partial charge in [-0.25, -0.2) is 0 Å². The number of hydrogen-bond donors (Lipinski definition) is 1. The summed E-state index contributed by atoms with van der Waals surface area (Å²) in [7, 11) is 0. The monoisotopic (exact) mass is 126 g/mol. The Balaban J connectivity index is 4.04. The van der Waals surface area contributed by atoms with Crippen LogP contribution in [-0.4, -0.2) is 11.2 Å². The highest BCUT2D eigenvalue weighted by molar-refractivity contribution is 5.16. The van der Waals surface area contributed by atoms with Crippen molar-refractivity contribution in [2.45, 2.75) is 26.9 Å². The van der Waals surface area contributed by atoms with Crippen molar-refractivity contribution in [3.8, 4) is 0 Å². The van der Waals surface area contributed by atoms with Gasteiger partial charge in [-0.05, 0) is 31.9 Å². The molecule has 0 aliphatic carbocycles. The van der Waals surface area contributed by atoms with Crippen LogP contribution in [0.5, 0.6) is 0 Å². The Labute approximate surface area is 56.7 Å². The Morgan fingerprint density at radius 3 is 2.11 bits per heavy atom. The summed E-state index contributed by atoms with van der Waals surface area (Å²) in [6.45, 7) is 9.24. The standard InChI is InChI=1S/C8H14O/c1-5-7(4)8(9)6(2)3/h5,8-9H,2H2,1,3-4H3/b7-5+. The maximum Gasteiger partial charge on any atom is 0.0952 e. The molecule has 52 valence electrons. The molecule has 0 bridgehead atoms. The van der Waals surface area contributed by atoms with Gasteiger partial charge in [0.25, 0.3) is 0 Å². The van der Waals surface area contributed by atoms with Crippen LogP contribution in [0.25, 0.3) is 0 Å². The lowest BCUT2D eigenvalue weighted by atomic mass is 10.1.